The number of anilines is 1. The van der Waals surface area contributed by atoms with Crippen molar-refractivity contribution in [3.63, 3.8) is 0 Å². The topological polar surface area (TPSA) is 79.8 Å². The molecule has 3 rings (SSSR count). The molecule has 1 aromatic heterocycles. The summed E-state index contributed by atoms with van der Waals surface area (Å²) in [4.78, 5) is 26.2. The van der Waals surface area contributed by atoms with Crippen LogP contribution in [-0.2, 0) is 0 Å². The third-order valence-electron chi connectivity index (χ3n) is 3.92. The van der Waals surface area contributed by atoms with Crippen molar-refractivity contribution in [2.75, 3.05) is 31.1 Å². The van der Waals surface area contributed by atoms with Crippen molar-refractivity contribution in [1.29, 1.82) is 0 Å². The molecule has 0 atom stereocenters. The molecule has 7 heteroatoms. The lowest BCUT2D eigenvalue weighted by Crippen LogP contribution is -2.48. The number of carbonyl (C=O) groups is 1. The van der Waals surface area contributed by atoms with Crippen molar-refractivity contribution in [1.82, 2.24) is 4.90 Å². The highest BCUT2D eigenvalue weighted by atomic mass is 16.6. The van der Waals surface area contributed by atoms with Gasteiger partial charge in [-0.25, -0.2) is 0 Å². The van der Waals surface area contributed by atoms with Gasteiger partial charge in [-0.15, -0.1) is 0 Å². The van der Waals surface area contributed by atoms with Crippen LogP contribution in [0.25, 0.3) is 0 Å². The predicted octanol–water partition coefficient (Wildman–Crippen LogP) is 2.46. The summed E-state index contributed by atoms with van der Waals surface area (Å²) in [5, 5.41) is 10.6. The van der Waals surface area contributed by atoms with Gasteiger partial charge in [0.05, 0.1) is 6.07 Å². The molecule has 1 amide bonds. The Kier molecular flexibility index (Phi) is 4.01. The van der Waals surface area contributed by atoms with E-state index in [1.165, 1.54) is 17.7 Å². The van der Waals surface area contributed by atoms with Crippen LogP contribution in [0.5, 0.6) is 0 Å². The Morgan fingerprint density at radius 3 is 2.52 bits per heavy atom. The zero-order chi connectivity index (χ0) is 16.4. The van der Waals surface area contributed by atoms with Crippen LogP contribution in [0.1, 0.15) is 16.1 Å². The summed E-state index contributed by atoms with van der Waals surface area (Å²) < 4.78 is 4.98. The van der Waals surface area contributed by atoms with E-state index in [0.717, 1.165) is 18.8 Å². The molecule has 1 aromatic carbocycles. The lowest BCUT2D eigenvalue weighted by Gasteiger charge is -2.35. The van der Waals surface area contributed by atoms with Crippen LogP contribution in [0, 0.1) is 17.0 Å². The number of nitro groups is 1. The van der Waals surface area contributed by atoms with Gasteiger partial charge in [-0.05, 0) is 30.7 Å². The van der Waals surface area contributed by atoms with Crippen molar-refractivity contribution in [2.24, 2.45) is 0 Å². The van der Waals surface area contributed by atoms with E-state index in [0.29, 0.717) is 13.1 Å². The van der Waals surface area contributed by atoms with Gasteiger partial charge < -0.3 is 14.2 Å². The number of nitrogens with zero attached hydrogens (tertiary/aromatic N) is 3. The summed E-state index contributed by atoms with van der Waals surface area (Å²) in [5.74, 6) is -0.700. The molecule has 1 saturated heterocycles. The number of aryl methyl sites for hydroxylation is 1. The first kappa shape index (κ1) is 15.1. The van der Waals surface area contributed by atoms with E-state index >= 15 is 0 Å². The number of amides is 1. The maximum Gasteiger partial charge on any atom is 0.433 e. The van der Waals surface area contributed by atoms with Gasteiger partial charge in [-0.1, -0.05) is 12.1 Å². The lowest BCUT2D eigenvalue weighted by molar-refractivity contribution is -0.402. The molecule has 23 heavy (non-hydrogen) atoms. The summed E-state index contributed by atoms with van der Waals surface area (Å²) in [6.07, 6.45) is 0. The zero-order valence-corrected chi connectivity index (χ0v) is 12.8. The van der Waals surface area contributed by atoms with Crippen molar-refractivity contribution in [3.8, 4) is 0 Å². The minimum absolute atomic E-state index is 0.0145. The van der Waals surface area contributed by atoms with Gasteiger partial charge in [0.2, 0.25) is 0 Å². The number of furan rings is 1. The van der Waals surface area contributed by atoms with Crippen molar-refractivity contribution < 1.29 is 14.1 Å². The predicted molar refractivity (Wildman–Crippen MR) is 84.7 cm³/mol. The number of hydrogen-bond donors (Lipinski definition) is 0. The van der Waals surface area contributed by atoms with Gasteiger partial charge in [0, 0.05) is 31.9 Å². The van der Waals surface area contributed by atoms with Gasteiger partial charge in [-0.3, -0.25) is 14.9 Å². The Bertz CT molecular complexity index is 732. The smallest absolute Gasteiger partial charge is 0.395 e. The molecule has 1 aliphatic heterocycles. The van der Waals surface area contributed by atoms with Crippen LogP contribution in [0.15, 0.2) is 40.8 Å². The Morgan fingerprint density at radius 2 is 1.91 bits per heavy atom. The molecule has 7 nitrogen and oxygen atoms in total. The van der Waals surface area contributed by atoms with E-state index in [2.05, 4.69) is 17.0 Å². The SMILES string of the molecule is Cc1cccc(N2CCN(C(=O)c3ccc([N+](=O)[O-])o3)CC2)c1. The van der Waals surface area contributed by atoms with E-state index in [-0.39, 0.29) is 11.7 Å². The lowest BCUT2D eigenvalue weighted by atomic mass is 10.2. The minimum atomic E-state index is -0.646. The zero-order valence-electron chi connectivity index (χ0n) is 12.8. The maximum absolute atomic E-state index is 12.3. The van der Waals surface area contributed by atoms with E-state index in [4.69, 9.17) is 4.42 Å². The largest absolute Gasteiger partial charge is 0.433 e. The van der Waals surface area contributed by atoms with Gasteiger partial charge in [-0.2, -0.15) is 0 Å². The summed E-state index contributed by atoms with van der Waals surface area (Å²) in [6, 6.07) is 10.8. The van der Waals surface area contributed by atoms with Crippen molar-refractivity contribution in [2.45, 2.75) is 6.92 Å². The van der Waals surface area contributed by atoms with Gasteiger partial charge in [0.1, 0.15) is 4.92 Å². The monoisotopic (exact) mass is 315 g/mol. The number of benzene rings is 1. The van der Waals surface area contributed by atoms with E-state index in [9.17, 15) is 14.9 Å². The fourth-order valence-corrected chi connectivity index (χ4v) is 2.69. The molecule has 0 aliphatic carbocycles. The fourth-order valence-electron chi connectivity index (χ4n) is 2.69. The molecular weight excluding hydrogens is 298 g/mol. The molecular formula is C16H17N3O4. The molecule has 0 bridgehead atoms. The Morgan fingerprint density at radius 1 is 1.17 bits per heavy atom. The van der Waals surface area contributed by atoms with E-state index in [1.807, 2.05) is 19.1 Å². The van der Waals surface area contributed by atoms with Crippen molar-refractivity contribution >= 4 is 17.5 Å². The molecule has 0 N–H and O–H groups in total. The van der Waals surface area contributed by atoms with Crippen LogP contribution in [0.4, 0.5) is 11.6 Å². The Labute approximate surface area is 133 Å². The highest BCUT2D eigenvalue weighted by Gasteiger charge is 2.26. The number of carbonyl (C=O) groups excluding carboxylic acids is 1. The van der Waals surface area contributed by atoms with E-state index < -0.39 is 10.8 Å². The molecule has 1 fully saturated rings. The molecule has 2 aromatic rings. The van der Waals surface area contributed by atoms with Crippen LogP contribution in [-0.4, -0.2) is 41.9 Å². The van der Waals surface area contributed by atoms with Gasteiger partial charge >= 0.3 is 5.88 Å². The number of rotatable bonds is 3. The summed E-state index contributed by atoms with van der Waals surface area (Å²) in [6.45, 7) is 4.60. The van der Waals surface area contributed by atoms with Gasteiger partial charge in [0.25, 0.3) is 5.91 Å². The van der Waals surface area contributed by atoms with Crippen LogP contribution >= 0.6 is 0 Å². The normalized spacial score (nSPS) is 14.8. The standard InChI is InChI=1S/C16H17N3O4/c1-12-3-2-4-13(11-12)17-7-9-18(10-8-17)16(20)14-5-6-15(23-14)19(21)22/h2-6,11H,7-10H2,1H3. The second-order valence-corrected chi connectivity index (χ2v) is 5.51. The van der Waals surface area contributed by atoms with Crippen LogP contribution in [0.2, 0.25) is 0 Å². The number of hydrogen-bond acceptors (Lipinski definition) is 5. The molecule has 0 spiro atoms. The van der Waals surface area contributed by atoms with Crippen molar-refractivity contribution in [3.05, 3.63) is 57.8 Å². The van der Waals surface area contributed by atoms with Gasteiger partial charge in [0.15, 0.2) is 5.76 Å². The summed E-state index contributed by atoms with van der Waals surface area (Å²) in [7, 11) is 0. The van der Waals surface area contributed by atoms with Crippen LogP contribution in [0.3, 0.4) is 0 Å². The first-order valence-electron chi connectivity index (χ1n) is 7.40. The molecule has 1 aliphatic rings. The highest BCUT2D eigenvalue weighted by molar-refractivity contribution is 5.92. The number of piperazine rings is 1. The Balaban J connectivity index is 1.64. The summed E-state index contributed by atoms with van der Waals surface area (Å²) >= 11 is 0. The maximum atomic E-state index is 12.3. The average molecular weight is 315 g/mol. The fraction of sp³-hybridized carbons (Fsp3) is 0.312. The molecule has 0 radical (unpaired) electrons. The van der Waals surface area contributed by atoms with E-state index in [1.54, 1.807) is 4.90 Å². The van der Waals surface area contributed by atoms with Crippen LogP contribution < -0.4 is 4.90 Å². The third-order valence-corrected chi connectivity index (χ3v) is 3.92. The minimum Gasteiger partial charge on any atom is -0.395 e. The first-order chi connectivity index (χ1) is 11.0. The third kappa shape index (κ3) is 3.18. The summed E-state index contributed by atoms with van der Waals surface area (Å²) in [5.41, 5.74) is 2.34. The second-order valence-electron chi connectivity index (χ2n) is 5.51. The first-order valence-corrected chi connectivity index (χ1v) is 7.40. The molecule has 120 valence electrons. The molecule has 2 heterocycles. The average Bonchev–Trinajstić information content (AvgIpc) is 3.04. The Hall–Kier alpha value is -2.83. The quantitative estimate of drug-likeness (QED) is 0.642. The molecule has 0 saturated carbocycles. The second kappa shape index (κ2) is 6.12. The highest BCUT2D eigenvalue weighted by Crippen LogP contribution is 2.20. The molecule has 0 unspecified atom stereocenters.